The summed E-state index contributed by atoms with van der Waals surface area (Å²) in [6, 6.07) is 13.0. The van der Waals surface area contributed by atoms with Crippen LogP contribution in [0.25, 0.3) is 21.7 Å². The first-order valence-electron chi connectivity index (χ1n) is 9.93. The van der Waals surface area contributed by atoms with E-state index in [0.29, 0.717) is 29.7 Å². The number of esters is 1. The molecule has 4 rings (SSSR count). The predicted octanol–water partition coefficient (Wildman–Crippen LogP) is 3.78. The van der Waals surface area contributed by atoms with Crippen LogP contribution in [0.2, 0.25) is 0 Å². The largest absolute Gasteiger partial charge is 0.496 e. The number of hydrogen-bond acceptors (Lipinski definition) is 8. The zero-order valence-corrected chi connectivity index (χ0v) is 18.4. The average molecular weight is 452 g/mol. The van der Waals surface area contributed by atoms with Crippen LogP contribution in [0.1, 0.15) is 21.6 Å². The highest BCUT2D eigenvalue weighted by atomic mass is 32.1. The lowest BCUT2D eigenvalue weighted by atomic mass is 10.1. The molecule has 8 nitrogen and oxygen atoms in total. The molecule has 9 heteroatoms. The Kier molecular flexibility index (Phi) is 6.46. The summed E-state index contributed by atoms with van der Waals surface area (Å²) in [4.78, 5) is 30.3. The fourth-order valence-electron chi connectivity index (χ4n) is 3.31. The Bertz CT molecular complexity index is 1250. The van der Waals surface area contributed by atoms with Crippen LogP contribution in [0.5, 0.6) is 5.75 Å². The van der Waals surface area contributed by atoms with E-state index in [1.807, 2.05) is 41.8 Å². The molecular weight excluding hydrogens is 430 g/mol. The van der Waals surface area contributed by atoms with Gasteiger partial charge >= 0.3 is 5.97 Å². The van der Waals surface area contributed by atoms with E-state index in [4.69, 9.17) is 14.0 Å². The molecule has 0 radical (unpaired) electrons. The topological polar surface area (TPSA) is 104 Å². The van der Waals surface area contributed by atoms with Crippen molar-refractivity contribution in [2.45, 2.75) is 13.3 Å². The quantitative estimate of drug-likeness (QED) is 0.407. The Balaban J connectivity index is 1.40. The number of aryl methyl sites for hydroxylation is 1. The van der Waals surface area contributed by atoms with Gasteiger partial charge in [0, 0.05) is 6.54 Å². The maximum absolute atomic E-state index is 12.8. The molecule has 0 bridgehead atoms. The Morgan fingerprint density at radius 3 is 2.81 bits per heavy atom. The number of benzene rings is 1. The van der Waals surface area contributed by atoms with Gasteiger partial charge in [0.05, 0.1) is 34.3 Å². The summed E-state index contributed by atoms with van der Waals surface area (Å²) in [6.07, 6.45) is 0.596. The normalized spacial score (nSPS) is 10.8. The van der Waals surface area contributed by atoms with E-state index in [9.17, 15) is 9.59 Å². The van der Waals surface area contributed by atoms with E-state index < -0.39 is 12.6 Å². The summed E-state index contributed by atoms with van der Waals surface area (Å²) in [6.45, 7) is 1.72. The van der Waals surface area contributed by atoms with Crippen molar-refractivity contribution >= 4 is 34.3 Å². The van der Waals surface area contributed by atoms with Gasteiger partial charge in [-0.3, -0.25) is 4.79 Å². The molecule has 3 aromatic heterocycles. The van der Waals surface area contributed by atoms with Gasteiger partial charge in [-0.2, -0.15) is 0 Å². The van der Waals surface area contributed by atoms with Gasteiger partial charge in [0.2, 0.25) is 0 Å². The van der Waals surface area contributed by atoms with E-state index in [1.165, 1.54) is 11.3 Å². The van der Waals surface area contributed by atoms with Gasteiger partial charge in [0.1, 0.15) is 5.75 Å². The third-order valence-electron chi connectivity index (χ3n) is 4.85. The fraction of sp³-hybridized carbons (Fsp3) is 0.217. The molecule has 0 aliphatic carbocycles. The molecule has 3 heterocycles. The maximum atomic E-state index is 12.8. The van der Waals surface area contributed by atoms with Crippen LogP contribution < -0.4 is 10.1 Å². The molecule has 164 valence electrons. The molecular formula is C23H21N3O5S. The summed E-state index contributed by atoms with van der Waals surface area (Å²) < 4.78 is 15.8. The smallest absolute Gasteiger partial charge is 0.339 e. The predicted molar refractivity (Wildman–Crippen MR) is 120 cm³/mol. The number of hydrogen-bond donors (Lipinski definition) is 1. The molecule has 4 aromatic rings. The summed E-state index contributed by atoms with van der Waals surface area (Å²) in [7, 11) is 1.61. The number of ether oxygens (including phenoxy) is 2. The average Bonchev–Trinajstić information content (AvgIpc) is 3.47. The number of para-hydroxylation sites is 1. The summed E-state index contributed by atoms with van der Waals surface area (Å²) in [5, 5.41) is 9.06. The lowest BCUT2D eigenvalue weighted by molar-refractivity contribution is -0.124. The first-order valence-corrected chi connectivity index (χ1v) is 10.8. The Labute approximate surface area is 188 Å². The van der Waals surface area contributed by atoms with Crippen molar-refractivity contribution < 1.29 is 23.6 Å². The number of fused-ring (bicyclic) bond motifs is 1. The van der Waals surface area contributed by atoms with Crippen LogP contribution in [0.4, 0.5) is 0 Å². The van der Waals surface area contributed by atoms with Crippen molar-refractivity contribution in [2.75, 3.05) is 20.3 Å². The Hall–Kier alpha value is -3.72. The van der Waals surface area contributed by atoms with Crippen molar-refractivity contribution in [3.63, 3.8) is 0 Å². The fourth-order valence-corrected chi connectivity index (χ4v) is 4.00. The molecule has 1 amide bonds. The second kappa shape index (κ2) is 9.61. The molecule has 1 N–H and O–H groups in total. The highest BCUT2D eigenvalue weighted by Gasteiger charge is 2.21. The molecule has 0 aliphatic rings. The van der Waals surface area contributed by atoms with E-state index in [1.54, 1.807) is 20.1 Å². The minimum absolute atomic E-state index is 0.251. The monoisotopic (exact) mass is 451 g/mol. The summed E-state index contributed by atoms with van der Waals surface area (Å²) in [5.41, 5.74) is 2.60. The molecule has 0 fully saturated rings. The number of nitrogens with zero attached hydrogens (tertiary/aromatic N) is 2. The standard InChI is InChI=1S/C23H21N3O5S/c1-14-21-16(12-17(19-8-5-11-32-19)25-22(21)31-26-14)23(28)30-13-20(27)24-10-9-15-6-3-4-7-18(15)29-2/h3-8,11-12H,9-10,13H2,1-2H3,(H,24,27). The van der Waals surface area contributed by atoms with E-state index >= 15 is 0 Å². The zero-order valence-electron chi connectivity index (χ0n) is 17.6. The minimum atomic E-state index is -0.638. The van der Waals surface area contributed by atoms with Gasteiger partial charge in [0.25, 0.3) is 11.6 Å². The number of methoxy groups -OCH3 is 1. The van der Waals surface area contributed by atoms with Gasteiger partial charge < -0.3 is 19.3 Å². The first-order chi connectivity index (χ1) is 15.6. The molecule has 0 saturated carbocycles. The van der Waals surface area contributed by atoms with Crippen LogP contribution >= 0.6 is 11.3 Å². The number of aromatic nitrogens is 2. The van der Waals surface area contributed by atoms with Crippen LogP contribution in [-0.2, 0) is 16.0 Å². The first kappa shape index (κ1) is 21.5. The van der Waals surface area contributed by atoms with E-state index in [2.05, 4.69) is 15.5 Å². The Morgan fingerprint density at radius 1 is 1.19 bits per heavy atom. The number of carbonyl (C=O) groups excluding carboxylic acids is 2. The van der Waals surface area contributed by atoms with Crippen molar-refractivity contribution in [3.8, 4) is 16.3 Å². The molecule has 0 aliphatic heterocycles. The van der Waals surface area contributed by atoms with Crippen molar-refractivity contribution in [1.29, 1.82) is 0 Å². The van der Waals surface area contributed by atoms with Gasteiger partial charge in [-0.05, 0) is 42.5 Å². The van der Waals surface area contributed by atoms with Crippen LogP contribution in [0.15, 0.2) is 52.4 Å². The van der Waals surface area contributed by atoms with Gasteiger partial charge in [-0.15, -0.1) is 11.3 Å². The van der Waals surface area contributed by atoms with Crippen LogP contribution in [-0.4, -0.2) is 42.3 Å². The molecule has 0 spiro atoms. The summed E-state index contributed by atoms with van der Waals surface area (Å²) >= 11 is 1.49. The van der Waals surface area contributed by atoms with E-state index in [-0.39, 0.29) is 17.2 Å². The molecule has 0 atom stereocenters. The van der Waals surface area contributed by atoms with Gasteiger partial charge in [-0.1, -0.05) is 29.4 Å². The zero-order chi connectivity index (χ0) is 22.5. The third-order valence-corrected chi connectivity index (χ3v) is 5.75. The number of amides is 1. The molecule has 32 heavy (non-hydrogen) atoms. The van der Waals surface area contributed by atoms with E-state index in [0.717, 1.165) is 16.2 Å². The van der Waals surface area contributed by atoms with Gasteiger partial charge in [0.15, 0.2) is 6.61 Å². The number of pyridine rings is 1. The molecule has 0 unspecified atom stereocenters. The maximum Gasteiger partial charge on any atom is 0.339 e. The second-order valence-electron chi connectivity index (χ2n) is 6.97. The van der Waals surface area contributed by atoms with Crippen molar-refractivity contribution in [1.82, 2.24) is 15.5 Å². The number of rotatable bonds is 8. The van der Waals surface area contributed by atoms with Crippen molar-refractivity contribution in [3.05, 3.63) is 64.7 Å². The minimum Gasteiger partial charge on any atom is -0.496 e. The van der Waals surface area contributed by atoms with Crippen molar-refractivity contribution in [2.24, 2.45) is 0 Å². The summed E-state index contributed by atoms with van der Waals surface area (Å²) in [5.74, 6) is -0.263. The second-order valence-corrected chi connectivity index (χ2v) is 7.92. The highest BCUT2D eigenvalue weighted by Crippen LogP contribution is 2.29. The Morgan fingerprint density at radius 2 is 2.03 bits per heavy atom. The third kappa shape index (κ3) is 4.62. The van der Waals surface area contributed by atoms with Crippen LogP contribution in [0, 0.1) is 6.92 Å². The lowest BCUT2D eigenvalue weighted by Gasteiger charge is -2.10. The highest BCUT2D eigenvalue weighted by molar-refractivity contribution is 7.13. The molecule has 1 aromatic carbocycles. The molecule has 0 saturated heterocycles. The number of thiophene rings is 1. The number of nitrogens with one attached hydrogen (secondary N) is 1. The van der Waals surface area contributed by atoms with Crippen LogP contribution in [0.3, 0.4) is 0 Å². The van der Waals surface area contributed by atoms with Gasteiger partial charge in [-0.25, -0.2) is 9.78 Å². The SMILES string of the molecule is COc1ccccc1CCNC(=O)COC(=O)c1cc(-c2cccs2)nc2onc(C)c12. The lowest BCUT2D eigenvalue weighted by Crippen LogP contribution is -2.30. The number of carbonyl (C=O) groups is 2.